The Balaban J connectivity index is 2.03. The molecule has 0 fully saturated rings. The first-order valence-corrected chi connectivity index (χ1v) is 15.1. The molecule has 0 saturated heterocycles. The Morgan fingerprint density at radius 3 is 1.00 bits per heavy atom. The van der Waals surface area contributed by atoms with Gasteiger partial charge in [0.2, 0.25) is 0 Å². The van der Waals surface area contributed by atoms with Crippen molar-refractivity contribution in [3.05, 3.63) is 29.3 Å². The van der Waals surface area contributed by atoms with Gasteiger partial charge in [-0.2, -0.15) is 0 Å². The predicted molar refractivity (Wildman–Crippen MR) is 148 cm³/mol. The lowest BCUT2D eigenvalue weighted by atomic mass is 9.98. The van der Waals surface area contributed by atoms with Crippen LogP contribution in [-0.4, -0.2) is 5.11 Å². The number of hydrogen-bond donors (Lipinski definition) is 1. The van der Waals surface area contributed by atoms with E-state index in [1.165, 1.54) is 152 Å². The molecule has 0 saturated carbocycles. The molecule has 1 N–H and O–H groups in total. The molecule has 0 bridgehead atoms. The fourth-order valence-electron chi connectivity index (χ4n) is 5.01. The quantitative estimate of drug-likeness (QED) is 0.153. The van der Waals surface area contributed by atoms with Crippen LogP contribution < -0.4 is 0 Å². The van der Waals surface area contributed by atoms with Gasteiger partial charge in [0.05, 0.1) is 0 Å². The number of aromatic hydroxyl groups is 1. The third-order valence-corrected chi connectivity index (χ3v) is 7.30. The molecule has 1 heteroatoms. The van der Waals surface area contributed by atoms with Crippen molar-refractivity contribution in [1.29, 1.82) is 0 Å². The number of benzene rings is 1. The lowest BCUT2D eigenvalue weighted by Crippen LogP contribution is -1.93. The number of unbranched alkanes of at least 4 members (excludes halogenated alkanes) is 20. The Hall–Kier alpha value is -0.980. The number of para-hydroxylation sites is 1. The summed E-state index contributed by atoms with van der Waals surface area (Å²) in [6.07, 6.45) is 32.4. The SMILES string of the molecule is CCCCCCCCCCCCCc1cccc(CCCCCCCCCCCCC)c1O. The lowest BCUT2D eigenvalue weighted by molar-refractivity contribution is 0.456. The van der Waals surface area contributed by atoms with E-state index in [4.69, 9.17) is 0 Å². The van der Waals surface area contributed by atoms with E-state index in [1.807, 2.05) is 0 Å². The van der Waals surface area contributed by atoms with Gasteiger partial charge in [-0.1, -0.05) is 160 Å². The van der Waals surface area contributed by atoms with Crippen molar-refractivity contribution >= 4 is 0 Å². The molecule has 33 heavy (non-hydrogen) atoms. The molecule has 1 nitrogen and oxygen atoms in total. The molecule has 0 atom stereocenters. The molecule has 0 aliphatic rings. The highest BCUT2D eigenvalue weighted by Gasteiger charge is 2.07. The summed E-state index contributed by atoms with van der Waals surface area (Å²) < 4.78 is 0. The van der Waals surface area contributed by atoms with Crippen molar-refractivity contribution in [3.8, 4) is 5.75 Å². The van der Waals surface area contributed by atoms with E-state index < -0.39 is 0 Å². The van der Waals surface area contributed by atoms with Crippen LogP contribution in [0.25, 0.3) is 0 Å². The number of phenolic OH excluding ortho intramolecular Hbond substituents is 1. The van der Waals surface area contributed by atoms with Crippen LogP contribution in [0.4, 0.5) is 0 Å². The summed E-state index contributed by atoms with van der Waals surface area (Å²) in [5.74, 6) is 0.594. The highest BCUT2D eigenvalue weighted by atomic mass is 16.3. The Labute approximate surface area is 208 Å². The van der Waals surface area contributed by atoms with Crippen LogP contribution in [0.3, 0.4) is 0 Å². The number of phenols is 1. The molecular formula is C32H58O. The molecule has 0 heterocycles. The van der Waals surface area contributed by atoms with E-state index in [9.17, 15) is 5.11 Å². The molecule has 0 aromatic heterocycles. The summed E-state index contributed by atoms with van der Waals surface area (Å²) in [6, 6.07) is 6.42. The second-order valence-corrected chi connectivity index (χ2v) is 10.5. The maximum absolute atomic E-state index is 10.7. The van der Waals surface area contributed by atoms with E-state index in [-0.39, 0.29) is 0 Å². The molecule has 1 aromatic carbocycles. The van der Waals surface area contributed by atoms with E-state index in [1.54, 1.807) is 0 Å². The second kappa shape index (κ2) is 22.8. The minimum atomic E-state index is 0.594. The van der Waals surface area contributed by atoms with Crippen molar-refractivity contribution in [2.75, 3.05) is 0 Å². The first-order valence-electron chi connectivity index (χ1n) is 15.1. The highest BCUT2D eigenvalue weighted by Crippen LogP contribution is 2.26. The van der Waals surface area contributed by atoms with Gasteiger partial charge in [0.15, 0.2) is 0 Å². The standard InChI is InChI=1S/C32H58O/c1-3-5-7-9-11-13-15-17-19-21-23-26-30-28-25-29-31(32(30)33)27-24-22-20-18-16-14-12-10-8-6-4-2/h25,28-29,33H,3-24,26-27H2,1-2H3. The van der Waals surface area contributed by atoms with E-state index in [2.05, 4.69) is 32.0 Å². The van der Waals surface area contributed by atoms with Crippen LogP contribution in [0.2, 0.25) is 0 Å². The summed E-state index contributed by atoms with van der Waals surface area (Å²) in [7, 11) is 0. The van der Waals surface area contributed by atoms with E-state index in [0.717, 1.165) is 12.8 Å². The van der Waals surface area contributed by atoms with Gasteiger partial charge in [0.25, 0.3) is 0 Å². The minimum absolute atomic E-state index is 0.594. The van der Waals surface area contributed by atoms with Crippen molar-refractivity contribution in [1.82, 2.24) is 0 Å². The van der Waals surface area contributed by atoms with Crippen LogP contribution in [0, 0.1) is 0 Å². The molecule has 0 radical (unpaired) electrons. The largest absolute Gasteiger partial charge is 0.507 e. The third kappa shape index (κ3) is 17.2. The van der Waals surface area contributed by atoms with Crippen LogP contribution in [0.15, 0.2) is 18.2 Å². The van der Waals surface area contributed by atoms with Gasteiger partial charge in [-0.15, -0.1) is 0 Å². The van der Waals surface area contributed by atoms with Crippen LogP contribution in [0.5, 0.6) is 5.75 Å². The summed E-state index contributed by atoms with van der Waals surface area (Å²) in [5, 5.41) is 10.7. The average molecular weight is 459 g/mol. The molecule has 0 aliphatic heterocycles. The molecule has 1 aromatic rings. The minimum Gasteiger partial charge on any atom is -0.507 e. The van der Waals surface area contributed by atoms with Gasteiger partial charge in [-0.3, -0.25) is 0 Å². The van der Waals surface area contributed by atoms with Gasteiger partial charge in [-0.05, 0) is 36.8 Å². The second-order valence-electron chi connectivity index (χ2n) is 10.5. The molecule has 192 valence electrons. The number of rotatable bonds is 24. The van der Waals surface area contributed by atoms with Crippen molar-refractivity contribution in [3.63, 3.8) is 0 Å². The molecule has 0 spiro atoms. The van der Waals surface area contributed by atoms with E-state index in [0.29, 0.717) is 5.75 Å². The molecule has 0 aliphatic carbocycles. The predicted octanol–water partition coefficient (Wildman–Crippen LogP) is 11.1. The van der Waals surface area contributed by atoms with Gasteiger partial charge >= 0.3 is 0 Å². The fraction of sp³-hybridized carbons (Fsp3) is 0.812. The highest BCUT2D eigenvalue weighted by molar-refractivity contribution is 5.40. The van der Waals surface area contributed by atoms with Crippen molar-refractivity contribution in [2.45, 2.75) is 168 Å². The van der Waals surface area contributed by atoms with Crippen LogP contribution >= 0.6 is 0 Å². The van der Waals surface area contributed by atoms with Gasteiger partial charge < -0.3 is 5.11 Å². The topological polar surface area (TPSA) is 20.2 Å². The number of aryl methyl sites for hydroxylation is 2. The molecule has 0 unspecified atom stereocenters. The summed E-state index contributed by atoms with van der Waals surface area (Å²) in [6.45, 7) is 4.57. The average Bonchev–Trinajstić information content (AvgIpc) is 2.82. The lowest BCUT2D eigenvalue weighted by Gasteiger charge is -2.10. The maximum Gasteiger partial charge on any atom is 0.121 e. The zero-order valence-electron chi connectivity index (χ0n) is 22.6. The normalized spacial score (nSPS) is 11.3. The first kappa shape index (κ1) is 30.1. The van der Waals surface area contributed by atoms with Crippen molar-refractivity contribution in [2.24, 2.45) is 0 Å². The zero-order valence-corrected chi connectivity index (χ0v) is 22.6. The Morgan fingerprint density at radius 2 is 0.697 bits per heavy atom. The summed E-state index contributed by atoms with van der Waals surface area (Å²) in [4.78, 5) is 0. The Kier molecular flexibility index (Phi) is 20.8. The van der Waals surface area contributed by atoms with Gasteiger partial charge in [0, 0.05) is 0 Å². The third-order valence-electron chi connectivity index (χ3n) is 7.30. The summed E-state index contributed by atoms with van der Waals surface area (Å²) in [5.41, 5.74) is 2.35. The first-order chi connectivity index (χ1) is 16.3. The van der Waals surface area contributed by atoms with E-state index >= 15 is 0 Å². The molecule has 0 amide bonds. The monoisotopic (exact) mass is 458 g/mol. The van der Waals surface area contributed by atoms with Crippen LogP contribution in [0.1, 0.15) is 166 Å². The summed E-state index contributed by atoms with van der Waals surface area (Å²) >= 11 is 0. The zero-order chi connectivity index (χ0) is 23.8. The fourth-order valence-corrected chi connectivity index (χ4v) is 5.01. The Bertz CT molecular complexity index is 491. The van der Waals surface area contributed by atoms with Crippen LogP contribution in [-0.2, 0) is 12.8 Å². The molecular weight excluding hydrogens is 400 g/mol. The smallest absolute Gasteiger partial charge is 0.121 e. The van der Waals surface area contributed by atoms with Crippen molar-refractivity contribution < 1.29 is 5.11 Å². The number of hydrogen-bond acceptors (Lipinski definition) is 1. The van der Waals surface area contributed by atoms with Gasteiger partial charge in [0.1, 0.15) is 5.75 Å². The molecule has 1 rings (SSSR count). The Morgan fingerprint density at radius 1 is 0.424 bits per heavy atom. The maximum atomic E-state index is 10.7. The van der Waals surface area contributed by atoms with Gasteiger partial charge in [-0.25, -0.2) is 0 Å².